The van der Waals surface area contributed by atoms with Gasteiger partial charge < -0.3 is 26.2 Å². The molecule has 2 aliphatic rings. The van der Waals surface area contributed by atoms with Gasteiger partial charge in [-0.25, -0.2) is 28.5 Å². The summed E-state index contributed by atoms with van der Waals surface area (Å²) in [5.41, 5.74) is 2.88. The number of hydrogen-bond acceptors (Lipinski definition) is 9. The minimum absolute atomic E-state index is 0.0136. The van der Waals surface area contributed by atoms with Gasteiger partial charge in [0.15, 0.2) is 5.82 Å². The number of aliphatic hydroxyl groups is 1. The Kier molecular flexibility index (Phi) is 5.59. The number of nitrogens with zero attached hydrogens (tertiary/aromatic N) is 6. The van der Waals surface area contributed by atoms with E-state index >= 15 is 0 Å². The van der Waals surface area contributed by atoms with Crippen LogP contribution in [0.15, 0.2) is 29.2 Å². The van der Waals surface area contributed by atoms with Crippen LogP contribution < -0.4 is 22.1 Å². The molecule has 2 fully saturated rings. The molecule has 2 amide bonds. The predicted octanol–water partition coefficient (Wildman–Crippen LogP) is 2.05. The first kappa shape index (κ1) is 24.0. The Labute approximate surface area is 250 Å². The van der Waals surface area contributed by atoms with Gasteiger partial charge in [-0.1, -0.05) is 0 Å². The number of anilines is 2. The fraction of sp³-hybridized carbons (Fsp3) is 0.500. The van der Waals surface area contributed by atoms with Crippen molar-refractivity contribution in [2.45, 2.75) is 75.2 Å². The first-order valence-corrected chi connectivity index (χ1v) is 13.7. The highest BCUT2D eigenvalue weighted by molar-refractivity contribution is 5.87. The van der Waals surface area contributed by atoms with Crippen molar-refractivity contribution < 1.29 is 29.3 Å². The Morgan fingerprint density at radius 1 is 1.26 bits per heavy atom. The number of aromatic nitrogens is 6. The molecule has 0 saturated heterocycles. The van der Waals surface area contributed by atoms with Crippen LogP contribution >= 0.6 is 0 Å². The normalized spacial score (nSPS) is 27.2. The average molecular weight is 600 g/mol. The summed E-state index contributed by atoms with van der Waals surface area (Å²) in [5.74, 6) is -0.319. The molecular formula is C28H34FN9O5. The van der Waals surface area contributed by atoms with Gasteiger partial charge in [0.1, 0.15) is 28.8 Å². The van der Waals surface area contributed by atoms with Crippen molar-refractivity contribution in [3.63, 3.8) is 0 Å². The number of hydrogen-bond donors (Lipinski definition) is 4. The SMILES string of the molecule is [2H]C([2H])([2H])n1c(=O)n([C@@H]2CC[C@@]([2H])(NC(=O)OC)C2)c2cc(Nc3ccc4c(C(C)(C)O)nc(C5(C(N)=O)CC(F)C5)n4n3)ncc21. The van der Waals surface area contributed by atoms with E-state index in [1.165, 1.54) is 42.3 Å². The Morgan fingerprint density at radius 3 is 2.67 bits per heavy atom. The Bertz CT molecular complexity index is 1980. The van der Waals surface area contributed by atoms with E-state index < -0.39 is 53.9 Å². The zero-order valence-electron chi connectivity index (χ0n) is 27.7. The Balaban J connectivity index is 1.43. The van der Waals surface area contributed by atoms with E-state index in [0.29, 0.717) is 16.5 Å². The van der Waals surface area contributed by atoms with Gasteiger partial charge in [-0.05, 0) is 45.2 Å². The number of rotatable bonds is 7. The summed E-state index contributed by atoms with van der Waals surface area (Å²) in [5, 5.41) is 20.9. The molecule has 4 aromatic heterocycles. The summed E-state index contributed by atoms with van der Waals surface area (Å²) < 4.78 is 54.7. The van der Waals surface area contributed by atoms with Crippen LogP contribution in [0, 0.1) is 0 Å². The van der Waals surface area contributed by atoms with E-state index in [9.17, 15) is 23.9 Å². The van der Waals surface area contributed by atoms with Crippen LogP contribution in [0.5, 0.6) is 0 Å². The first-order chi connectivity index (χ1) is 21.9. The number of imidazole rings is 2. The number of carbonyl (C=O) groups excluding carboxylic acids is 2. The van der Waals surface area contributed by atoms with Crippen LogP contribution in [-0.4, -0.2) is 65.1 Å². The molecular weight excluding hydrogens is 561 g/mol. The van der Waals surface area contributed by atoms with E-state index in [1.54, 1.807) is 12.1 Å². The number of fused-ring (bicyclic) bond motifs is 2. The highest BCUT2D eigenvalue weighted by Gasteiger charge is 2.54. The van der Waals surface area contributed by atoms with Crippen molar-refractivity contribution in [2.75, 3.05) is 12.4 Å². The number of alkyl carbamates (subject to hydrolysis) is 1. The van der Waals surface area contributed by atoms with Crippen molar-refractivity contribution in [2.24, 2.45) is 12.7 Å². The maximum Gasteiger partial charge on any atom is 0.407 e. The molecule has 0 spiro atoms. The van der Waals surface area contributed by atoms with Crippen LogP contribution in [0.3, 0.4) is 0 Å². The standard InChI is InChI=1S/C28H34FN9O5/c1-27(2,42)22-17-7-8-20(35-38(17)24(34-22)28(23(30)39)11-14(29)12-28)33-21-10-18-19(13-31-21)36(3)26(41)37(18)16-6-5-15(9-16)32-25(40)43-4/h7-8,10,13-16,42H,5-6,9,11-12H2,1-4H3,(H2,30,39)(H,32,40)(H,31,33,35)/t14?,15-,16-,28?/m1/s1/i3D3,15D. The summed E-state index contributed by atoms with van der Waals surface area (Å²) in [7, 11) is 1.18. The van der Waals surface area contributed by atoms with Gasteiger partial charge in [-0.2, -0.15) is 0 Å². The lowest BCUT2D eigenvalue weighted by molar-refractivity contribution is -0.129. The van der Waals surface area contributed by atoms with E-state index in [0.717, 1.165) is 0 Å². The van der Waals surface area contributed by atoms with Crippen LogP contribution in [0.2, 0.25) is 0 Å². The third-order valence-corrected chi connectivity index (χ3v) is 8.22. The van der Waals surface area contributed by atoms with Gasteiger partial charge in [0.2, 0.25) is 5.91 Å². The number of pyridine rings is 1. The van der Waals surface area contributed by atoms with Crippen molar-refractivity contribution in [3.8, 4) is 0 Å². The van der Waals surface area contributed by atoms with Crippen LogP contribution in [0.1, 0.15) is 69.0 Å². The number of ether oxygens (including phenoxy) is 1. The van der Waals surface area contributed by atoms with Gasteiger partial charge in [-0.15, -0.1) is 5.10 Å². The highest BCUT2D eigenvalue weighted by Crippen LogP contribution is 2.46. The fourth-order valence-corrected chi connectivity index (χ4v) is 6.02. The molecule has 2 saturated carbocycles. The molecule has 15 heteroatoms. The second-order valence-electron chi connectivity index (χ2n) is 11.6. The lowest BCUT2D eigenvalue weighted by atomic mass is 9.66. The minimum atomic E-state index is -2.84. The number of methoxy groups -OCH3 is 1. The highest BCUT2D eigenvalue weighted by atomic mass is 19.1. The van der Waals surface area contributed by atoms with E-state index in [1.807, 2.05) is 0 Å². The number of halogens is 1. The van der Waals surface area contributed by atoms with Gasteiger partial charge in [0, 0.05) is 42.1 Å². The predicted molar refractivity (Wildman–Crippen MR) is 154 cm³/mol. The average Bonchev–Trinajstić information content (AvgIpc) is 3.61. The lowest BCUT2D eigenvalue weighted by Crippen LogP contribution is -2.53. The summed E-state index contributed by atoms with van der Waals surface area (Å²) in [4.78, 5) is 46.9. The van der Waals surface area contributed by atoms with Crippen molar-refractivity contribution in [3.05, 3.63) is 46.4 Å². The van der Waals surface area contributed by atoms with E-state index in [-0.39, 0.29) is 59.9 Å². The second kappa shape index (κ2) is 10.0. The first-order valence-electron chi connectivity index (χ1n) is 15.7. The molecule has 43 heavy (non-hydrogen) atoms. The number of alkyl halides is 1. The van der Waals surface area contributed by atoms with Crippen LogP contribution in [-0.2, 0) is 27.5 Å². The topological polar surface area (TPSA) is 184 Å². The molecule has 2 aliphatic carbocycles. The molecule has 0 radical (unpaired) electrons. The van der Waals surface area contributed by atoms with E-state index in [2.05, 4.69) is 30.4 Å². The molecule has 0 aliphatic heterocycles. The van der Waals surface area contributed by atoms with E-state index in [4.69, 9.17) is 11.2 Å². The van der Waals surface area contributed by atoms with Gasteiger partial charge in [0.05, 0.1) is 36.9 Å². The fourth-order valence-electron chi connectivity index (χ4n) is 6.02. The van der Waals surface area contributed by atoms with Crippen LogP contribution in [0.4, 0.5) is 20.8 Å². The summed E-state index contributed by atoms with van der Waals surface area (Å²) in [6.45, 7) is 0.203. The molecule has 2 atom stereocenters. The number of carbonyl (C=O) groups is 2. The molecule has 14 nitrogen and oxygen atoms in total. The summed E-state index contributed by atoms with van der Waals surface area (Å²) in [6.07, 6.45) is -0.675. The zero-order valence-corrected chi connectivity index (χ0v) is 23.7. The number of aryl methyl sites for hydroxylation is 1. The quantitative estimate of drug-likeness (QED) is 0.247. The van der Waals surface area contributed by atoms with Gasteiger partial charge in [-0.3, -0.25) is 13.9 Å². The van der Waals surface area contributed by atoms with Crippen molar-refractivity contribution in [1.29, 1.82) is 0 Å². The van der Waals surface area contributed by atoms with Gasteiger partial charge >= 0.3 is 11.8 Å². The monoisotopic (exact) mass is 599 g/mol. The number of primary amides is 1. The molecule has 0 aromatic carbocycles. The minimum Gasteiger partial charge on any atom is -0.453 e. The van der Waals surface area contributed by atoms with Gasteiger partial charge in [0.25, 0.3) is 0 Å². The lowest BCUT2D eigenvalue weighted by Gasteiger charge is -2.39. The third kappa shape index (κ3) is 4.67. The third-order valence-electron chi connectivity index (χ3n) is 8.22. The summed E-state index contributed by atoms with van der Waals surface area (Å²) >= 11 is 0. The van der Waals surface area contributed by atoms with Crippen molar-refractivity contribution in [1.82, 2.24) is 34.0 Å². The Morgan fingerprint density at radius 2 is 2.02 bits per heavy atom. The second-order valence-corrected chi connectivity index (χ2v) is 11.6. The molecule has 0 bridgehead atoms. The zero-order chi connectivity index (χ0) is 34.3. The van der Waals surface area contributed by atoms with Crippen molar-refractivity contribution >= 4 is 40.2 Å². The molecule has 5 N–H and O–H groups in total. The number of nitrogens with one attached hydrogen (secondary N) is 2. The largest absolute Gasteiger partial charge is 0.453 e. The summed E-state index contributed by atoms with van der Waals surface area (Å²) in [6, 6.07) is 2.59. The molecule has 0 unspecified atom stereocenters. The molecule has 4 heterocycles. The number of amides is 2. The van der Waals surface area contributed by atoms with Crippen LogP contribution in [0.25, 0.3) is 16.6 Å². The smallest absolute Gasteiger partial charge is 0.407 e. The maximum absolute atomic E-state index is 14.1. The molecule has 4 aromatic rings. The number of nitrogens with two attached hydrogens (primary N) is 1. The molecule has 6 rings (SSSR count). The molecule has 228 valence electrons. The maximum atomic E-state index is 14.1. The Hall–Kier alpha value is -4.53.